The average molecular weight is 411 g/mol. The summed E-state index contributed by atoms with van der Waals surface area (Å²) in [5.74, 6) is 0.438. The van der Waals surface area contributed by atoms with Crippen LogP contribution in [0.3, 0.4) is 0 Å². The molecule has 0 fully saturated rings. The molecule has 0 aliphatic heterocycles. The fraction of sp³-hybridized carbons (Fsp3) is 0.0833. The summed E-state index contributed by atoms with van der Waals surface area (Å²) in [4.78, 5) is 12.5. The van der Waals surface area contributed by atoms with Gasteiger partial charge in [-0.2, -0.15) is 0 Å². The van der Waals surface area contributed by atoms with E-state index >= 15 is 0 Å². The van der Waals surface area contributed by atoms with Crippen molar-refractivity contribution in [2.75, 3.05) is 6.61 Å². The van der Waals surface area contributed by atoms with Crippen molar-refractivity contribution in [3.63, 3.8) is 0 Å². The number of ether oxygens (including phenoxy) is 1. The van der Waals surface area contributed by atoms with Crippen molar-refractivity contribution in [3.8, 4) is 5.75 Å². The maximum Gasteiger partial charge on any atom is 0.210 e. The van der Waals surface area contributed by atoms with Gasteiger partial charge in [-0.3, -0.25) is 4.79 Å². The predicted molar refractivity (Wildman–Crippen MR) is 81.0 cm³/mol. The molecule has 2 rings (SSSR count). The number of rotatable bonds is 4. The van der Waals surface area contributed by atoms with Crippen LogP contribution in [-0.4, -0.2) is 12.4 Å². The summed E-state index contributed by atoms with van der Waals surface area (Å²) in [5, 5.41) is 0.476. The van der Waals surface area contributed by atoms with Gasteiger partial charge in [0.05, 0.1) is 13.7 Å². The molecule has 0 saturated heterocycles. The number of carbonyl (C=O) groups excluding carboxylic acids is 1. The topological polar surface area (TPSA) is 26.3 Å². The van der Waals surface area contributed by atoms with Crippen molar-refractivity contribution in [2.45, 2.75) is 0 Å². The van der Waals surface area contributed by atoms with Gasteiger partial charge in [0.25, 0.3) is 0 Å². The third-order valence-electron chi connectivity index (χ3n) is 2.10. The molecular weight excluding hydrogens is 403 g/mol. The van der Waals surface area contributed by atoms with Gasteiger partial charge in [0.1, 0.15) is 5.75 Å². The summed E-state index contributed by atoms with van der Waals surface area (Å²) in [7, 11) is 0. The molecule has 0 radical (unpaired) electrons. The first-order valence-corrected chi connectivity index (χ1v) is 7.70. The van der Waals surface area contributed by atoms with E-state index in [9.17, 15) is 4.79 Å². The van der Waals surface area contributed by atoms with Crippen molar-refractivity contribution in [3.05, 3.63) is 48.5 Å². The average Bonchev–Trinajstić information content (AvgIpc) is 2.74. The summed E-state index contributed by atoms with van der Waals surface area (Å²) in [6, 6.07) is 8.87. The highest BCUT2D eigenvalue weighted by molar-refractivity contribution is 9.11. The second-order valence-corrected chi connectivity index (χ2v) is 7.18. The van der Waals surface area contributed by atoms with Gasteiger partial charge in [-0.05, 0) is 46.3 Å². The molecule has 1 heterocycles. The third kappa shape index (κ3) is 3.57. The molecule has 0 bridgehead atoms. The number of hydrogen-bond donors (Lipinski definition) is 0. The highest BCUT2D eigenvalue weighted by Crippen LogP contribution is 2.28. The Balaban J connectivity index is 2.01. The molecule has 0 atom stereocenters. The Hall–Kier alpha value is -0.360. The van der Waals surface area contributed by atoms with Crippen LogP contribution >= 0.6 is 54.8 Å². The highest BCUT2D eigenvalue weighted by atomic mass is 79.9. The lowest BCUT2D eigenvalue weighted by atomic mass is 10.3. The molecule has 0 spiro atoms. The van der Waals surface area contributed by atoms with E-state index in [4.69, 9.17) is 16.3 Å². The van der Waals surface area contributed by atoms with Crippen LogP contribution in [-0.2, 0) is 0 Å². The Morgan fingerprint density at radius 1 is 1.28 bits per heavy atom. The minimum atomic E-state index is -0.0651. The lowest BCUT2D eigenvalue weighted by molar-refractivity contribution is 0.0925. The molecule has 6 heteroatoms. The number of ketones is 1. The molecule has 2 nitrogen and oxygen atoms in total. The van der Waals surface area contributed by atoms with Gasteiger partial charge in [0.15, 0.2) is 6.61 Å². The molecule has 2 aromatic rings. The lowest BCUT2D eigenvalue weighted by Crippen LogP contribution is -2.10. The number of hydrogen-bond acceptors (Lipinski definition) is 3. The second kappa shape index (κ2) is 6.19. The van der Waals surface area contributed by atoms with Crippen LogP contribution in [0, 0.1) is 0 Å². The molecule has 0 aliphatic rings. The molecule has 0 aliphatic carbocycles. The summed E-state index contributed by atoms with van der Waals surface area (Å²) < 4.78 is 7.20. The molecule has 1 aromatic heterocycles. The van der Waals surface area contributed by atoms with Gasteiger partial charge in [-0.1, -0.05) is 27.5 Å². The van der Waals surface area contributed by atoms with Gasteiger partial charge >= 0.3 is 0 Å². The predicted octanol–water partition coefficient (Wildman–Crippen LogP) is 5.19. The Labute approximate surface area is 130 Å². The van der Waals surface area contributed by atoms with E-state index in [0.717, 1.165) is 8.26 Å². The minimum absolute atomic E-state index is 0.0195. The van der Waals surface area contributed by atoms with Gasteiger partial charge in [-0.15, -0.1) is 11.3 Å². The Bertz CT molecular complexity index is 583. The Morgan fingerprint density at radius 3 is 2.67 bits per heavy atom. The van der Waals surface area contributed by atoms with Crippen LogP contribution in [0.4, 0.5) is 0 Å². The van der Waals surface area contributed by atoms with Crippen molar-refractivity contribution in [1.82, 2.24) is 0 Å². The van der Waals surface area contributed by atoms with Gasteiger partial charge in [0, 0.05) is 4.47 Å². The van der Waals surface area contributed by atoms with Crippen molar-refractivity contribution in [2.24, 2.45) is 0 Å². The van der Waals surface area contributed by atoms with Crippen molar-refractivity contribution in [1.29, 1.82) is 0 Å². The molecule has 1 aromatic carbocycles. The number of thiophene rings is 1. The quantitative estimate of drug-likeness (QED) is 0.649. The Kier molecular flexibility index (Phi) is 4.84. The maximum atomic E-state index is 11.8. The fourth-order valence-corrected chi connectivity index (χ4v) is 3.31. The number of carbonyl (C=O) groups is 1. The summed E-state index contributed by atoms with van der Waals surface area (Å²) in [5.41, 5.74) is 0. The van der Waals surface area contributed by atoms with E-state index in [1.807, 2.05) is 12.1 Å². The van der Waals surface area contributed by atoms with Crippen molar-refractivity contribution >= 4 is 60.6 Å². The normalized spacial score (nSPS) is 10.4. The molecule has 0 unspecified atom stereocenters. The molecular formula is C12H7Br2ClO2S. The van der Waals surface area contributed by atoms with E-state index in [-0.39, 0.29) is 12.4 Å². The van der Waals surface area contributed by atoms with Crippen LogP contribution < -0.4 is 4.74 Å². The van der Waals surface area contributed by atoms with Crippen LogP contribution in [0.25, 0.3) is 0 Å². The molecule has 18 heavy (non-hydrogen) atoms. The zero-order valence-corrected chi connectivity index (χ0v) is 13.7. The first-order valence-electron chi connectivity index (χ1n) is 4.92. The molecule has 0 N–H and O–H groups in total. The van der Waals surface area contributed by atoms with E-state index in [1.54, 1.807) is 18.2 Å². The van der Waals surface area contributed by atoms with E-state index in [1.165, 1.54) is 11.3 Å². The number of Topliss-reactive ketones (excluding diaryl/α,β-unsaturated/α-hetero) is 1. The van der Waals surface area contributed by atoms with E-state index in [0.29, 0.717) is 15.6 Å². The first kappa shape index (κ1) is 14.1. The standard InChI is InChI=1S/C12H7Br2ClO2S/c13-7-1-2-10(8(15)5-7)17-6-9(16)11-3-4-12(14)18-11/h1-5H,6H2. The maximum absolute atomic E-state index is 11.8. The van der Waals surface area contributed by atoms with Gasteiger partial charge in [0.2, 0.25) is 5.78 Å². The van der Waals surface area contributed by atoms with Crippen LogP contribution in [0.2, 0.25) is 5.02 Å². The summed E-state index contributed by atoms with van der Waals surface area (Å²) >= 11 is 14.0. The van der Waals surface area contributed by atoms with Gasteiger partial charge in [-0.25, -0.2) is 0 Å². The number of benzene rings is 1. The number of halogens is 3. The molecule has 0 saturated carbocycles. The Morgan fingerprint density at radius 2 is 2.06 bits per heavy atom. The van der Waals surface area contributed by atoms with Gasteiger partial charge < -0.3 is 4.74 Å². The highest BCUT2D eigenvalue weighted by Gasteiger charge is 2.10. The zero-order valence-electron chi connectivity index (χ0n) is 8.95. The largest absolute Gasteiger partial charge is 0.484 e. The van der Waals surface area contributed by atoms with Crippen LogP contribution in [0.1, 0.15) is 9.67 Å². The zero-order chi connectivity index (χ0) is 13.1. The molecule has 94 valence electrons. The monoisotopic (exact) mass is 408 g/mol. The van der Waals surface area contributed by atoms with Crippen LogP contribution in [0.15, 0.2) is 38.6 Å². The first-order chi connectivity index (χ1) is 8.56. The van der Waals surface area contributed by atoms with Crippen LogP contribution in [0.5, 0.6) is 5.75 Å². The second-order valence-electron chi connectivity index (χ2n) is 3.39. The minimum Gasteiger partial charge on any atom is -0.484 e. The summed E-state index contributed by atoms with van der Waals surface area (Å²) in [6.45, 7) is -0.0195. The third-order valence-corrected chi connectivity index (χ3v) is 4.55. The lowest BCUT2D eigenvalue weighted by Gasteiger charge is -2.06. The SMILES string of the molecule is O=C(COc1ccc(Br)cc1Cl)c1ccc(Br)s1. The fourth-order valence-electron chi connectivity index (χ4n) is 1.27. The summed E-state index contributed by atoms with van der Waals surface area (Å²) in [6.07, 6.45) is 0. The van der Waals surface area contributed by atoms with E-state index < -0.39 is 0 Å². The molecule has 0 amide bonds. The van der Waals surface area contributed by atoms with E-state index in [2.05, 4.69) is 31.9 Å². The smallest absolute Gasteiger partial charge is 0.210 e. The van der Waals surface area contributed by atoms with Crippen molar-refractivity contribution < 1.29 is 9.53 Å².